The second-order valence-electron chi connectivity index (χ2n) is 8.94. The lowest BCUT2D eigenvalue weighted by atomic mass is 9.81. The number of Topliss-reactive ketones (excluding diaryl/α,β-unsaturated/α-hetero) is 1. The van der Waals surface area contributed by atoms with Crippen LogP contribution in [0.5, 0.6) is 0 Å². The van der Waals surface area contributed by atoms with E-state index in [2.05, 4.69) is 0 Å². The summed E-state index contributed by atoms with van der Waals surface area (Å²) in [7, 11) is 0. The topological polar surface area (TPSA) is 74.8 Å². The van der Waals surface area contributed by atoms with Gasteiger partial charge < -0.3 is 0 Å². The third-order valence-corrected chi connectivity index (χ3v) is 7.48. The molecule has 0 spiro atoms. The van der Waals surface area contributed by atoms with E-state index in [0.29, 0.717) is 10.6 Å². The van der Waals surface area contributed by atoms with Crippen LogP contribution in [-0.2, 0) is 9.59 Å². The highest BCUT2D eigenvalue weighted by Gasteiger charge is 2.63. The number of hydrazine groups is 1. The van der Waals surface area contributed by atoms with Crippen LogP contribution < -0.4 is 0 Å². The molecule has 5 atom stereocenters. The molecule has 2 aromatic rings. The number of imide groups is 1. The standard InChI is InChI=1S/C25H23ClN2O4/c1-14(22(29)15-5-3-2-4-6-15)27(23(30)16-9-11-19(26)12-10-16)28-24(31)20-17-7-8-18(13-17)21(20)25(28)32/h2-6,9-12,14,17-18,20-21H,7-8,13H2,1H3/t14-,17+,18+,20+,21+/m1/s1. The van der Waals surface area contributed by atoms with Crippen molar-refractivity contribution in [3.63, 3.8) is 0 Å². The summed E-state index contributed by atoms with van der Waals surface area (Å²) in [6.45, 7) is 1.56. The lowest BCUT2D eigenvalue weighted by Gasteiger charge is -2.35. The number of carbonyl (C=O) groups excluding carboxylic acids is 4. The van der Waals surface area contributed by atoms with Crippen LogP contribution in [0.25, 0.3) is 0 Å². The van der Waals surface area contributed by atoms with Crippen molar-refractivity contribution in [3.8, 4) is 0 Å². The zero-order chi connectivity index (χ0) is 22.6. The molecule has 0 aromatic heterocycles. The van der Waals surface area contributed by atoms with Gasteiger partial charge in [0.25, 0.3) is 17.7 Å². The Morgan fingerprint density at radius 2 is 1.47 bits per heavy atom. The molecular weight excluding hydrogens is 428 g/mol. The molecular formula is C25H23ClN2O4. The Morgan fingerprint density at radius 3 is 2.03 bits per heavy atom. The number of hydrogen-bond donors (Lipinski definition) is 0. The Balaban J connectivity index is 1.54. The van der Waals surface area contributed by atoms with Crippen molar-refractivity contribution >= 4 is 35.1 Å². The van der Waals surface area contributed by atoms with Gasteiger partial charge in [0.2, 0.25) is 0 Å². The minimum Gasteiger partial charge on any atom is -0.292 e. The van der Waals surface area contributed by atoms with E-state index in [9.17, 15) is 19.2 Å². The van der Waals surface area contributed by atoms with Gasteiger partial charge in [-0.3, -0.25) is 19.2 Å². The predicted molar refractivity (Wildman–Crippen MR) is 118 cm³/mol. The molecule has 0 unspecified atom stereocenters. The third kappa shape index (κ3) is 3.16. The Labute approximate surface area is 191 Å². The number of halogens is 1. The Kier molecular flexibility index (Phi) is 5.13. The van der Waals surface area contributed by atoms with Crippen molar-refractivity contribution in [2.45, 2.75) is 32.2 Å². The Morgan fingerprint density at radius 1 is 0.906 bits per heavy atom. The van der Waals surface area contributed by atoms with Gasteiger partial charge in [-0.25, -0.2) is 5.01 Å². The predicted octanol–water partition coefficient (Wildman–Crippen LogP) is 4.00. The lowest BCUT2D eigenvalue weighted by molar-refractivity contribution is -0.157. The van der Waals surface area contributed by atoms with Crippen molar-refractivity contribution in [2.24, 2.45) is 23.7 Å². The molecule has 2 aliphatic carbocycles. The summed E-state index contributed by atoms with van der Waals surface area (Å²) in [5.74, 6) is -2.05. The minimum absolute atomic E-state index is 0.180. The molecule has 3 amide bonds. The molecule has 32 heavy (non-hydrogen) atoms. The molecule has 7 heteroatoms. The molecule has 0 N–H and O–H groups in total. The minimum atomic E-state index is -1.04. The van der Waals surface area contributed by atoms with E-state index < -0.39 is 11.9 Å². The van der Waals surface area contributed by atoms with Crippen LogP contribution in [0.2, 0.25) is 5.02 Å². The van der Waals surface area contributed by atoms with Crippen LogP contribution in [0.15, 0.2) is 54.6 Å². The van der Waals surface area contributed by atoms with Gasteiger partial charge in [-0.15, -0.1) is 0 Å². The number of nitrogens with zero attached hydrogens (tertiary/aromatic N) is 2. The largest absolute Gasteiger partial charge is 0.292 e. The maximum atomic E-state index is 13.6. The van der Waals surface area contributed by atoms with Crippen LogP contribution in [0, 0.1) is 23.7 Å². The summed E-state index contributed by atoms with van der Waals surface area (Å²) in [5.41, 5.74) is 0.663. The first-order valence-electron chi connectivity index (χ1n) is 10.9. The van der Waals surface area contributed by atoms with Gasteiger partial charge in [-0.1, -0.05) is 41.9 Å². The van der Waals surface area contributed by atoms with E-state index >= 15 is 0 Å². The quantitative estimate of drug-likeness (QED) is 0.509. The number of carbonyl (C=O) groups is 4. The van der Waals surface area contributed by atoms with Gasteiger partial charge in [-0.2, -0.15) is 5.01 Å². The van der Waals surface area contributed by atoms with Crippen molar-refractivity contribution < 1.29 is 19.2 Å². The summed E-state index contributed by atoms with van der Waals surface area (Å²) < 4.78 is 0. The van der Waals surface area contributed by atoms with Crippen LogP contribution >= 0.6 is 11.6 Å². The van der Waals surface area contributed by atoms with E-state index in [1.165, 1.54) is 12.1 Å². The maximum absolute atomic E-state index is 13.6. The molecule has 2 bridgehead atoms. The normalized spacial score (nSPS) is 26.9. The third-order valence-electron chi connectivity index (χ3n) is 7.22. The first kappa shape index (κ1) is 20.9. The van der Waals surface area contributed by atoms with Crippen LogP contribution in [-0.4, -0.2) is 39.6 Å². The van der Waals surface area contributed by atoms with E-state index in [0.717, 1.165) is 29.3 Å². The molecule has 0 radical (unpaired) electrons. The molecule has 164 valence electrons. The van der Waals surface area contributed by atoms with Crippen LogP contribution in [0.4, 0.5) is 0 Å². The van der Waals surface area contributed by atoms with Crippen molar-refractivity contribution in [3.05, 3.63) is 70.7 Å². The van der Waals surface area contributed by atoms with Gasteiger partial charge >= 0.3 is 0 Å². The summed E-state index contributed by atoms with van der Waals surface area (Å²) in [4.78, 5) is 53.8. The lowest BCUT2D eigenvalue weighted by Crippen LogP contribution is -2.56. The summed E-state index contributed by atoms with van der Waals surface area (Å²) >= 11 is 5.97. The zero-order valence-corrected chi connectivity index (χ0v) is 18.4. The fourth-order valence-corrected chi connectivity index (χ4v) is 5.85. The second-order valence-corrected chi connectivity index (χ2v) is 9.37. The molecule has 5 rings (SSSR count). The fraction of sp³-hybridized carbons (Fsp3) is 0.360. The van der Waals surface area contributed by atoms with Crippen molar-refractivity contribution in [2.75, 3.05) is 0 Å². The van der Waals surface area contributed by atoms with Crippen molar-refractivity contribution in [1.82, 2.24) is 10.0 Å². The number of hydrogen-bond acceptors (Lipinski definition) is 4. The van der Waals surface area contributed by atoms with Gasteiger partial charge in [0.15, 0.2) is 5.78 Å². The van der Waals surface area contributed by atoms with Crippen LogP contribution in [0.1, 0.15) is 46.9 Å². The summed E-state index contributed by atoms with van der Waals surface area (Å²) in [5, 5.41) is 2.50. The maximum Gasteiger partial charge on any atom is 0.273 e. The van der Waals surface area contributed by atoms with Gasteiger partial charge in [0.1, 0.15) is 6.04 Å². The number of amides is 3. The molecule has 2 saturated carbocycles. The molecule has 1 heterocycles. The monoisotopic (exact) mass is 450 g/mol. The first-order chi connectivity index (χ1) is 15.4. The number of fused-ring (bicyclic) bond motifs is 5. The Bertz CT molecular complexity index is 1070. The SMILES string of the molecule is C[C@H](C(=O)c1ccccc1)N(C(=O)c1ccc(Cl)cc1)N1C(=O)[C@H]2[C@H]3CC[C@@H](C3)[C@@H]2C1=O. The fourth-order valence-electron chi connectivity index (χ4n) is 5.72. The van der Waals surface area contributed by atoms with E-state index in [4.69, 9.17) is 11.6 Å². The smallest absolute Gasteiger partial charge is 0.273 e. The van der Waals surface area contributed by atoms with E-state index in [-0.39, 0.29) is 46.8 Å². The van der Waals surface area contributed by atoms with Gasteiger partial charge in [-0.05, 0) is 62.3 Å². The first-order valence-corrected chi connectivity index (χ1v) is 11.3. The molecule has 3 aliphatic rings. The van der Waals surface area contributed by atoms with Crippen LogP contribution in [0.3, 0.4) is 0 Å². The number of ketones is 1. The Hall–Kier alpha value is -2.99. The second kappa shape index (κ2) is 7.85. The number of rotatable bonds is 5. The average Bonchev–Trinajstić information content (AvgIpc) is 3.49. The molecule has 1 saturated heterocycles. The highest BCUT2D eigenvalue weighted by molar-refractivity contribution is 6.30. The molecule has 3 fully saturated rings. The number of benzene rings is 2. The molecule has 6 nitrogen and oxygen atoms in total. The summed E-state index contributed by atoms with van der Waals surface area (Å²) in [6.07, 6.45) is 2.76. The van der Waals surface area contributed by atoms with E-state index in [1.807, 2.05) is 0 Å². The van der Waals surface area contributed by atoms with Crippen molar-refractivity contribution in [1.29, 1.82) is 0 Å². The molecule has 1 aliphatic heterocycles. The zero-order valence-electron chi connectivity index (χ0n) is 17.6. The van der Waals surface area contributed by atoms with E-state index in [1.54, 1.807) is 49.4 Å². The molecule has 2 aromatic carbocycles. The average molecular weight is 451 g/mol. The summed E-state index contributed by atoms with van der Waals surface area (Å²) in [6, 6.07) is 13.8. The highest BCUT2D eigenvalue weighted by Crippen LogP contribution is 2.56. The van der Waals surface area contributed by atoms with Gasteiger partial charge in [0.05, 0.1) is 11.8 Å². The highest BCUT2D eigenvalue weighted by atomic mass is 35.5. The van der Waals surface area contributed by atoms with Gasteiger partial charge in [0, 0.05) is 16.1 Å².